The molecule has 1 aliphatic rings. The first-order valence-electron chi connectivity index (χ1n) is 5.91. The largest absolute Gasteiger partial charge is 0.0874 e. The minimum absolute atomic E-state index is 0.311. The molecule has 1 radical (unpaired) electrons. The van der Waals surface area contributed by atoms with Gasteiger partial charge < -0.3 is 0 Å². The fourth-order valence-corrected chi connectivity index (χ4v) is 2.39. The lowest BCUT2D eigenvalue weighted by molar-refractivity contribution is 0.374. The van der Waals surface area contributed by atoms with E-state index in [0.29, 0.717) is 5.41 Å². The molecule has 1 aliphatic carbocycles. The summed E-state index contributed by atoms with van der Waals surface area (Å²) in [6.45, 7) is 11.1. The normalized spacial score (nSPS) is 22.6. The maximum Gasteiger partial charge on any atom is -0.00977 e. The van der Waals surface area contributed by atoms with E-state index >= 15 is 0 Å². The highest BCUT2D eigenvalue weighted by Crippen LogP contribution is 2.40. The van der Waals surface area contributed by atoms with Crippen molar-refractivity contribution < 1.29 is 0 Å². The molecule has 0 saturated carbocycles. The van der Waals surface area contributed by atoms with Gasteiger partial charge in [0.1, 0.15) is 0 Å². The van der Waals surface area contributed by atoms with Crippen LogP contribution in [0.4, 0.5) is 0 Å². The summed E-state index contributed by atoms with van der Waals surface area (Å²) in [5.41, 5.74) is 4.51. The highest BCUT2D eigenvalue weighted by molar-refractivity contribution is 5.33. The van der Waals surface area contributed by atoms with Crippen LogP contribution in [0.15, 0.2) is 28.9 Å². The highest BCUT2D eigenvalue weighted by atomic mass is 14.3. The van der Waals surface area contributed by atoms with Gasteiger partial charge in [-0.15, -0.1) is 0 Å². The molecular formula is C15H23. The van der Waals surface area contributed by atoms with Crippen molar-refractivity contribution in [3.63, 3.8) is 0 Å². The molecule has 0 aromatic heterocycles. The predicted octanol–water partition coefficient (Wildman–Crippen LogP) is 4.84. The Morgan fingerprint density at radius 3 is 2.60 bits per heavy atom. The van der Waals surface area contributed by atoms with E-state index in [1.165, 1.54) is 36.0 Å². The maximum atomic E-state index is 3.57. The van der Waals surface area contributed by atoms with Crippen LogP contribution in [-0.2, 0) is 0 Å². The first-order chi connectivity index (χ1) is 6.97. The molecule has 0 N–H and O–H groups in total. The zero-order valence-electron chi connectivity index (χ0n) is 10.8. The van der Waals surface area contributed by atoms with E-state index in [1.807, 2.05) is 0 Å². The summed E-state index contributed by atoms with van der Waals surface area (Å²) in [5, 5.41) is 0. The van der Waals surface area contributed by atoms with Gasteiger partial charge in [0, 0.05) is 0 Å². The molecule has 0 saturated heterocycles. The van der Waals surface area contributed by atoms with Gasteiger partial charge >= 0.3 is 0 Å². The molecule has 0 bridgehead atoms. The van der Waals surface area contributed by atoms with Crippen LogP contribution in [0.2, 0.25) is 0 Å². The molecule has 0 amide bonds. The number of allylic oxidation sites excluding steroid dienone is 6. The molecule has 0 heteroatoms. The molecule has 0 atom stereocenters. The average molecular weight is 203 g/mol. The van der Waals surface area contributed by atoms with Crippen LogP contribution in [-0.4, -0.2) is 0 Å². The summed E-state index contributed by atoms with van der Waals surface area (Å²) < 4.78 is 0. The van der Waals surface area contributed by atoms with E-state index in [-0.39, 0.29) is 0 Å². The molecule has 15 heavy (non-hydrogen) atoms. The Morgan fingerprint density at radius 2 is 2.07 bits per heavy atom. The van der Waals surface area contributed by atoms with E-state index in [1.54, 1.807) is 0 Å². The van der Waals surface area contributed by atoms with Gasteiger partial charge in [0.25, 0.3) is 0 Å². The average Bonchev–Trinajstić information content (AvgIpc) is 2.12. The molecule has 0 aromatic carbocycles. The maximum absolute atomic E-state index is 3.57. The summed E-state index contributed by atoms with van der Waals surface area (Å²) >= 11 is 0. The Bertz CT molecular complexity index is 311. The second-order valence-electron chi connectivity index (χ2n) is 5.20. The first-order valence-corrected chi connectivity index (χ1v) is 5.91. The summed E-state index contributed by atoms with van der Waals surface area (Å²) in [7, 11) is 0. The third-order valence-corrected chi connectivity index (χ3v) is 3.20. The fraction of sp³-hybridized carbons (Fsp3) is 0.600. The molecule has 0 heterocycles. The van der Waals surface area contributed by atoms with Gasteiger partial charge in [-0.25, -0.2) is 0 Å². The molecular weight excluding hydrogens is 180 g/mol. The molecule has 0 unspecified atom stereocenters. The molecule has 0 fully saturated rings. The molecule has 0 aromatic rings. The third kappa shape index (κ3) is 3.09. The summed E-state index contributed by atoms with van der Waals surface area (Å²) in [6.07, 6.45) is 11.6. The Balaban J connectivity index is 3.04. The first kappa shape index (κ1) is 12.3. The van der Waals surface area contributed by atoms with Crippen LogP contribution >= 0.6 is 0 Å². The topological polar surface area (TPSA) is 0 Å². The lowest BCUT2D eigenvalue weighted by Crippen LogP contribution is -2.19. The van der Waals surface area contributed by atoms with Gasteiger partial charge in [0.15, 0.2) is 0 Å². The smallest absolute Gasteiger partial charge is 0.00977 e. The fourth-order valence-electron chi connectivity index (χ4n) is 2.39. The summed E-state index contributed by atoms with van der Waals surface area (Å²) in [6, 6.07) is 0. The zero-order chi connectivity index (χ0) is 11.5. The van der Waals surface area contributed by atoms with E-state index in [2.05, 4.69) is 52.8 Å². The predicted molar refractivity (Wildman–Crippen MR) is 67.6 cm³/mol. The highest BCUT2D eigenvalue weighted by Gasteiger charge is 2.26. The van der Waals surface area contributed by atoms with Crippen molar-refractivity contribution in [1.29, 1.82) is 0 Å². The molecule has 1 rings (SSSR count). The lowest BCUT2D eigenvalue weighted by atomic mass is 9.72. The quantitative estimate of drug-likeness (QED) is 0.563. The van der Waals surface area contributed by atoms with E-state index in [9.17, 15) is 0 Å². The van der Waals surface area contributed by atoms with Crippen LogP contribution in [0.1, 0.15) is 53.9 Å². The van der Waals surface area contributed by atoms with Crippen molar-refractivity contribution in [1.82, 2.24) is 0 Å². The van der Waals surface area contributed by atoms with Gasteiger partial charge in [-0.3, -0.25) is 0 Å². The van der Waals surface area contributed by atoms with Crippen LogP contribution in [0.3, 0.4) is 0 Å². The van der Waals surface area contributed by atoms with Crippen LogP contribution in [0, 0.1) is 11.5 Å². The number of rotatable bonds is 2. The van der Waals surface area contributed by atoms with Crippen LogP contribution < -0.4 is 0 Å². The Hall–Kier alpha value is -0.780. The van der Waals surface area contributed by atoms with Crippen molar-refractivity contribution in [2.45, 2.75) is 53.9 Å². The second kappa shape index (κ2) is 4.83. The molecule has 0 aliphatic heterocycles. The van der Waals surface area contributed by atoms with Gasteiger partial charge in [-0.2, -0.15) is 0 Å². The van der Waals surface area contributed by atoms with Gasteiger partial charge in [0.05, 0.1) is 0 Å². The van der Waals surface area contributed by atoms with Gasteiger partial charge in [-0.1, -0.05) is 31.6 Å². The zero-order valence-corrected chi connectivity index (χ0v) is 10.8. The third-order valence-electron chi connectivity index (χ3n) is 3.20. The SMILES string of the molecule is C/C=C/C(C)=[C]\C1=C(C)CCCC1(C)C. The summed E-state index contributed by atoms with van der Waals surface area (Å²) in [5.74, 6) is 0. The minimum atomic E-state index is 0.311. The number of hydrogen-bond acceptors (Lipinski definition) is 0. The van der Waals surface area contributed by atoms with Crippen molar-refractivity contribution in [2.24, 2.45) is 5.41 Å². The lowest BCUT2D eigenvalue weighted by Gasteiger charge is -2.32. The van der Waals surface area contributed by atoms with E-state index < -0.39 is 0 Å². The Labute approximate surface area is 94.8 Å². The van der Waals surface area contributed by atoms with Crippen LogP contribution in [0.25, 0.3) is 0 Å². The Kier molecular flexibility index (Phi) is 3.96. The summed E-state index contributed by atoms with van der Waals surface area (Å²) in [4.78, 5) is 0. The molecule has 0 nitrogen and oxygen atoms in total. The van der Waals surface area contributed by atoms with Crippen molar-refractivity contribution in [2.75, 3.05) is 0 Å². The van der Waals surface area contributed by atoms with Crippen molar-refractivity contribution in [3.05, 3.63) is 34.9 Å². The minimum Gasteiger partial charge on any atom is -0.0874 e. The van der Waals surface area contributed by atoms with Crippen molar-refractivity contribution in [3.8, 4) is 0 Å². The van der Waals surface area contributed by atoms with Gasteiger partial charge in [-0.05, 0) is 62.7 Å². The standard InChI is InChI=1S/C15H23/c1-6-8-12(2)11-14-13(3)9-7-10-15(14,4)5/h6,8H,7,9-10H2,1-5H3/b8-6+,12-11?. The van der Waals surface area contributed by atoms with Gasteiger partial charge in [0.2, 0.25) is 0 Å². The van der Waals surface area contributed by atoms with Crippen LogP contribution in [0.5, 0.6) is 0 Å². The Morgan fingerprint density at radius 1 is 1.40 bits per heavy atom. The van der Waals surface area contributed by atoms with E-state index in [0.717, 1.165) is 0 Å². The molecule has 0 spiro atoms. The monoisotopic (exact) mass is 203 g/mol. The molecule has 83 valence electrons. The van der Waals surface area contributed by atoms with E-state index in [4.69, 9.17) is 0 Å². The van der Waals surface area contributed by atoms with Crippen molar-refractivity contribution >= 4 is 0 Å². The number of hydrogen-bond donors (Lipinski definition) is 0. The second-order valence-corrected chi connectivity index (χ2v) is 5.20.